The normalized spacial score (nSPS) is 10.3. The lowest BCUT2D eigenvalue weighted by Crippen LogP contribution is -1.92. The lowest BCUT2D eigenvalue weighted by molar-refractivity contribution is 0.281. The molecule has 17 heavy (non-hydrogen) atoms. The van der Waals surface area contributed by atoms with Gasteiger partial charge in [0.05, 0.1) is 6.61 Å². The SMILES string of the molecule is Cc1cccc(Oc2ncc(CO)cc2Cl)c1. The van der Waals surface area contributed by atoms with Crippen molar-refractivity contribution in [2.24, 2.45) is 0 Å². The molecule has 88 valence electrons. The third kappa shape index (κ3) is 2.96. The number of aryl methyl sites for hydroxylation is 1. The first-order valence-electron chi connectivity index (χ1n) is 5.19. The molecule has 1 aromatic heterocycles. The Hall–Kier alpha value is -1.58. The van der Waals surface area contributed by atoms with E-state index in [0.717, 1.165) is 5.56 Å². The minimum absolute atomic E-state index is 0.0859. The summed E-state index contributed by atoms with van der Waals surface area (Å²) in [6.07, 6.45) is 1.54. The van der Waals surface area contributed by atoms with Gasteiger partial charge in [0.1, 0.15) is 10.8 Å². The number of hydrogen-bond acceptors (Lipinski definition) is 3. The molecule has 0 fully saturated rings. The van der Waals surface area contributed by atoms with Crippen molar-refractivity contribution in [1.29, 1.82) is 0 Å². The van der Waals surface area contributed by atoms with E-state index in [1.165, 1.54) is 6.20 Å². The molecule has 1 N–H and O–H groups in total. The maximum absolute atomic E-state index is 8.94. The molecular formula is C13H12ClNO2. The Morgan fingerprint density at radius 1 is 1.35 bits per heavy atom. The van der Waals surface area contributed by atoms with Crippen LogP contribution in [0.15, 0.2) is 36.5 Å². The summed E-state index contributed by atoms with van der Waals surface area (Å²) in [4.78, 5) is 4.06. The van der Waals surface area contributed by atoms with E-state index in [1.807, 2.05) is 31.2 Å². The van der Waals surface area contributed by atoms with Gasteiger partial charge in [-0.3, -0.25) is 0 Å². The summed E-state index contributed by atoms with van der Waals surface area (Å²) < 4.78 is 5.56. The number of benzene rings is 1. The van der Waals surface area contributed by atoms with Crippen LogP contribution in [-0.2, 0) is 6.61 Å². The van der Waals surface area contributed by atoms with Crippen LogP contribution in [0.2, 0.25) is 5.02 Å². The highest BCUT2D eigenvalue weighted by Crippen LogP contribution is 2.27. The lowest BCUT2D eigenvalue weighted by atomic mass is 10.2. The quantitative estimate of drug-likeness (QED) is 0.907. The molecule has 0 unspecified atom stereocenters. The zero-order chi connectivity index (χ0) is 12.3. The van der Waals surface area contributed by atoms with Gasteiger partial charge in [-0.1, -0.05) is 23.7 Å². The molecule has 0 atom stereocenters. The average molecular weight is 250 g/mol. The van der Waals surface area contributed by atoms with Gasteiger partial charge in [-0.25, -0.2) is 4.98 Å². The van der Waals surface area contributed by atoms with Crippen LogP contribution < -0.4 is 4.74 Å². The first-order chi connectivity index (χ1) is 8.19. The molecule has 0 aliphatic heterocycles. The molecule has 4 heteroatoms. The zero-order valence-electron chi connectivity index (χ0n) is 9.35. The Labute approximate surface area is 105 Å². The van der Waals surface area contributed by atoms with E-state index < -0.39 is 0 Å². The highest BCUT2D eigenvalue weighted by atomic mass is 35.5. The van der Waals surface area contributed by atoms with Crippen LogP contribution in [0, 0.1) is 6.92 Å². The van der Waals surface area contributed by atoms with E-state index in [4.69, 9.17) is 21.4 Å². The van der Waals surface area contributed by atoms with Crippen molar-refractivity contribution >= 4 is 11.6 Å². The third-order valence-electron chi connectivity index (χ3n) is 2.25. The van der Waals surface area contributed by atoms with E-state index in [9.17, 15) is 0 Å². The van der Waals surface area contributed by atoms with Crippen molar-refractivity contribution in [1.82, 2.24) is 4.98 Å². The summed E-state index contributed by atoms with van der Waals surface area (Å²) in [6.45, 7) is 1.90. The van der Waals surface area contributed by atoms with Crippen LogP contribution >= 0.6 is 11.6 Å². The second-order valence-corrected chi connectivity index (χ2v) is 4.11. The number of hydrogen-bond donors (Lipinski definition) is 1. The van der Waals surface area contributed by atoms with Gasteiger partial charge in [0.2, 0.25) is 5.88 Å². The number of halogens is 1. The van der Waals surface area contributed by atoms with Crippen molar-refractivity contribution in [2.45, 2.75) is 13.5 Å². The van der Waals surface area contributed by atoms with Crippen LogP contribution in [0.3, 0.4) is 0 Å². The van der Waals surface area contributed by atoms with Gasteiger partial charge >= 0.3 is 0 Å². The summed E-state index contributed by atoms with van der Waals surface area (Å²) in [6, 6.07) is 9.26. The molecule has 0 saturated heterocycles. The Morgan fingerprint density at radius 2 is 2.18 bits per heavy atom. The summed E-state index contributed by atoms with van der Waals surface area (Å²) in [5, 5.41) is 9.33. The Kier molecular flexibility index (Phi) is 3.61. The smallest absolute Gasteiger partial charge is 0.238 e. The number of pyridine rings is 1. The second-order valence-electron chi connectivity index (χ2n) is 3.71. The number of nitrogens with zero attached hydrogens (tertiary/aromatic N) is 1. The maximum atomic E-state index is 8.94. The minimum atomic E-state index is -0.0859. The highest BCUT2D eigenvalue weighted by Gasteiger charge is 2.06. The molecule has 2 rings (SSSR count). The summed E-state index contributed by atoms with van der Waals surface area (Å²) in [5.74, 6) is 1.03. The maximum Gasteiger partial charge on any atom is 0.238 e. The first-order valence-corrected chi connectivity index (χ1v) is 5.56. The number of ether oxygens (including phenoxy) is 1. The monoisotopic (exact) mass is 249 g/mol. The number of aliphatic hydroxyl groups is 1. The van der Waals surface area contributed by atoms with E-state index in [2.05, 4.69) is 4.98 Å². The van der Waals surface area contributed by atoms with Crippen LogP contribution in [0.5, 0.6) is 11.6 Å². The van der Waals surface area contributed by atoms with Gasteiger partial charge in [0, 0.05) is 6.20 Å². The van der Waals surface area contributed by atoms with E-state index >= 15 is 0 Å². The topological polar surface area (TPSA) is 42.4 Å². The van der Waals surface area contributed by atoms with Crippen LogP contribution in [0.25, 0.3) is 0 Å². The number of rotatable bonds is 3. The van der Waals surface area contributed by atoms with Gasteiger partial charge < -0.3 is 9.84 Å². The fraction of sp³-hybridized carbons (Fsp3) is 0.154. The molecule has 0 amide bonds. The number of aromatic nitrogens is 1. The van der Waals surface area contributed by atoms with Crippen molar-refractivity contribution in [2.75, 3.05) is 0 Å². The third-order valence-corrected chi connectivity index (χ3v) is 2.52. The van der Waals surface area contributed by atoms with Crippen LogP contribution in [-0.4, -0.2) is 10.1 Å². The van der Waals surface area contributed by atoms with E-state index in [0.29, 0.717) is 22.2 Å². The number of aliphatic hydroxyl groups excluding tert-OH is 1. The molecule has 0 aliphatic carbocycles. The van der Waals surface area contributed by atoms with Crippen molar-refractivity contribution in [3.63, 3.8) is 0 Å². The van der Waals surface area contributed by atoms with E-state index in [-0.39, 0.29) is 6.61 Å². The molecule has 0 bridgehead atoms. The fourth-order valence-corrected chi connectivity index (χ4v) is 1.64. The van der Waals surface area contributed by atoms with Gasteiger partial charge in [-0.05, 0) is 36.2 Å². The fourth-order valence-electron chi connectivity index (χ4n) is 1.42. The summed E-state index contributed by atoms with van der Waals surface area (Å²) in [7, 11) is 0. The van der Waals surface area contributed by atoms with Crippen molar-refractivity contribution < 1.29 is 9.84 Å². The highest BCUT2D eigenvalue weighted by molar-refractivity contribution is 6.31. The molecule has 0 radical (unpaired) electrons. The largest absolute Gasteiger partial charge is 0.438 e. The van der Waals surface area contributed by atoms with Crippen molar-refractivity contribution in [3.8, 4) is 11.6 Å². The summed E-state index contributed by atoms with van der Waals surface area (Å²) >= 11 is 6.00. The molecule has 0 spiro atoms. The zero-order valence-corrected chi connectivity index (χ0v) is 10.1. The Morgan fingerprint density at radius 3 is 2.82 bits per heavy atom. The standard InChI is InChI=1S/C13H12ClNO2/c1-9-3-2-4-11(5-9)17-13-12(14)6-10(8-16)7-15-13/h2-7,16H,8H2,1H3. The molecule has 3 nitrogen and oxygen atoms in total. The summed E-state index contributed by atoms with van der Waals surface area (Å²) in [5.41, 5.74) is 1.76. The molecule has 2 aromatic rings. The molecule has 0 saturated carbocycles. The van der Waals surface area contributed by atoms with Gasteiger partial charge in [-0.15, -0.1) is 0 Å². The van der Waals surface area contributed by atoms with E-state index in [1.54, 1.807) is 6.07 Å². The van der Waals surface area contributed by atoms with Gasteiger partial charge in [0.15, 0.2) is 0 Å². The molecular weight excluding hydrogens is 238 g/mol. The second kappa shape index (κ2) is 5.17. The minimum Gasteiger partial charge on any atom is -0.438 e. The molecule has 1 heterocycles. The predicted octanol–water partition coefficient (Wildman–Crippen LogP) is 3.33. The van der Waals surface area contributed by atoms with Crippen LogP contribution in [0.1, 0.15) is 11.1 Å². The molecule has 0 aliphatic rings. The van der Waals surface area contributed by atoms with Crippen molar-refractivity contribution in [3.05, 3.63) is 52.7 Å². The average Bonchev–Trinajstić information content (AvgIpc) is 2.32. The Bertz CT molecular complexity index is 529. The predicted molar refractivity (Wildman–Crippen MR) is 66.4 cm³/mol. The lowest BCUT2D eigenvalue weighted by Gasteiger charge is -2.07. The van der Waals surface area contributed by atoms with Gasteiger partial charge in [-0.2, -0.15) is 0 Å². The van der Waals surface area contributed by atoms with Crippen LogP contribution in [0.4, 0.5) is 0 Å². The van der Waals surface area contributed by atoms with Gasteiger partial charge in [0.25, 0.3) is 0 Å². The Balaban J connectivity index is 2.24. The molecule has 1 aromatic carbocycles. The first kappa shape index (κ1) is 11.9.